The number of fused-ring (bicyclic) bond motifs is 1. The van der Waals surface area contributed by atoms with Crippen LogP contribution in [0.25, 0.3) is 11.0 Å². The van der Waals surface area contributed by atoms with Crippen molar-refractivity contribution in [1.29, 1.82) is 0 Å². The lowest BCUT2D eigenvalue weighted by Crippen LogP contribution is -2.07. The Kier molecular flexibility index (Phi) is 4.90. The Morgan fingerprint density at radius 3 is 2.94 bits per heavy atom. The third kappa shape index (κ3) is 3.40. The van der Waals surface area contributed by atoms with Crippen LogP contribution in [0.4, 0.5) is 0 Å². The Labute approximate surface area is 114 Å². The molecule has 2 rings (SSSR count). The second-order valence-electron chi connectivity index (χ2n) is 3.79. The quantitative estimate of drug-likeness (QED) is 0.769. The third-order valence-electron chi connectivity index (χ3n) is 2.34. The second kappa shape index (κ2) is 6.66. The molecule has 2 aromatic heterocycles. The molecule has 0 fully saturated rings. The summed E-state index contributed by atoms with van der Waals surface area (Å²) >= 11 is 3.37. The SMILES string of the molecule is CCCOCCOc1ccnc2cc(Br)cnc12. The van der Waals surface area contributed by atoms with Gasteiger partial charge in [-0.15, -0.1) is 0 Å². The molecule has 0 unspecified atom stereocenters. The van der Waals surface area contributed by atoms with Crippen molar-refractivity contribution in [2.24, 2.45) is 0 Å². The lowest BCUT2D eigenvalue weighted by atomic mass is 10.3. The van der Waals surface area contributed by atoms with E-state index in [1.165, 1.54) is 0 Å². The van der Waals surface area contributed by atoms with E-state index in [9.17, 15) is 0 Å². The summed E-state index contributed by atoms with van der Waals surface area (Å²) in [4.78, 5) is 8.58. The molecular weight excluding hydrogens is 296 g/mol. The second-order valence-corrected chi connectivity index (χ2v) is 4.71. The van der Waals surface area contributed by atoms with Gasteiger partial charge in [0.2, 0.25) is 0 Å². The molecule has 5 heteroatoms. The fourth-order valence-corrected chi connectivity index (χ4v) is 1.87. The number of rotatable bonds is 6. The third-order valence-corrected chi connectivity index (χ3v) is 2.77. The van der Waals surface area contributed by atoms with Crippen molar-refractivity contribution in [2.75, 3.05) is 19.8 Å². The van der Waals surface area contributed by atoms with Gasteiger partial charge in [0, 0.05) is 29.5 Å². The van der Waals surface area contributed by atoms with Crippen LogP contribution >= 0.6 is 15.9 Å². The lowest BCUT2D eigenvalue weighted by Gasteiger charge is -2.08. The Morgan fingerprint density at radius 1 is 1.22 bits per heavy atom. The fraction of sp³-hybridized carbons (Fsp3) is 0.385. The van der Waals surface area contributed by atoms with Gasteiger partial charge in [-0.2, -0.15) is 0 Å². The molecule has 4 nitrogen and oxygen atoms in total. The van der Waals surface area contributed by atoms with Gasteiger partial charge in [0.1, 0.15) is 17.9 Å². The van der Waals surface area contributed by atoms with Gasteiger partial charge in [0.15, 0.2) is 0 Å². The maximum Gasteiger partial charge on any atom is 0.148 e. The minimum absolute atomic E-state index is 0.525. The molecule has 96 valence electrons. The molecule has 2 aromatic rings. The van der Waals surface area contributed by atoms with E-state index < -0.39 is 0 Å². The Morgan fingerprint density at radius 2 is 2.11 bits per heavy atom. The molecule has 0 aliphatic rings. The highest BCUT2D eigenvalue weighted by Crippen LogP contribution is 2.23. The molecule has 0 amide bonds. The summed E-state index contributed by atoms with van der Waals surface area (Å²) < 4.78 is 11.9. The first-order valence-electron chi connectivity index (χ1n) is 5.92. The first kappa shape index (κ1) is 13.2. The highest BCUT2D eigenvalue weighted by molar-refractivity contribution is 9.10. The predicted molar refractivity (Wildman–Crippen MR) is 73.8 cm³/mol. The maximum absolute atomic E-state index is 5.66. The number of nitrogens with zero attached hydrogens (tertiary/aromatic N) is 2. The van der Waals surface area contributed by atoms with Crippen molar-refractivity contribution in [3.8, 4) is 5.75 Å². The van der Waals surface area contributed by atoms with Gasteiger partial charge in [-0.1, -0.05) is 6.92 Å². The van der Waals surface area contributed by atoms with E-state index in [4.69, 9.17) is 9.47 Å². The van der Waals surface area contributed by atoms with Crippen molar-refractivity contribution < 1.29 is 9.47 Å². The average molecular weight is 311 g/mol. The molecule has 0 saturated carbocycles. The van der Waals surface area contributed by atoms with Crippen LogP contribution in [0.5, 0.6) is 5.75 Å². The van der Waals surface area contributed by atoms with Gasteiger partial charge in [-0.3, -0.25) is 4.98 Å². The van der Waals surface area contributed by atoms with Crippen LogP contribution in [0, 0.1) is 0 Å². The number of halogens is 1. The molecule has 0 radical (unpaired) electrons. The van der Waals surface area contributed by atoms with Gasteiger partial charge in [-0.25, -0.2) is 4.98 Å². The van der Waals surface area contributed by atoms with Crippen molar-refractivity contribution in [3.05, 3.63) is 29.0 Å². The van der Waals surface area contributed by atoms with Crippen LogP contribution in [0.3, 0.4) is 0 Å². The van der Waals surface area contributed by atoms with Crippen LogP contribution in [-0.4, -0.2) is 29.8 Å². The van der Waals surface area contributed by atoms with Gasteiger partial charge >= 0.3 is 0 Å². The zero-order chi connectivity index (χ0) is 12.8. The van der Waals surface area contributed by atoms with E-state index in [0.29, 0.717) is 13.2 Å². The van der Waals surface area contributed by atoms with E-state index in [-0.39, 0.29) is 0 Å². The Hall–Kier alpha value is -1.20. The zero-order valence-electron chi connectivity index (χ0n) is 10.2. The number of aromatic nitrogens is 2. The van der Waals surface area contributed by atoms with Crippen LogP contribution in [0.15, 0.2) is 29.0 Å². The van der Waals surface area contributed by atoms with Crippen LogP contribution in [0.2, 0.25) is 0 Å². The highest BCUT2D eigenvalue weighted by Gasteiger charge is 2.04. The highest BCUT2D eigenvalue weighted by atomic mass is 79.9. The van der Waals surface area contributed by atoms with E-state index in [1.807, 2.05) is 12.1 Å². The fourth-order valence-electron chi connectivity index (χ4n) is 1.55. The molecule has 2 heterocycles. The number of pyridine rings is 2. The van der Waals surface area contributed by atoms with Gasteiger partial charge < -0.3 is 9.47 Å². The smallest absolute Gasteiger partial charge is 0.148 e. The molecule has 18 heavy (non-hydrogen) atoms. The Balaban J connectivity index is 2.04. The summed E-state index contributed by atoms with van der Waals surface area (Å²) in [5.41, 5.74) is 1.59. The van der Waals surface area contributed by atoms with Crippen molar-refractivity contribution in [1.82, 2.24) is 9.97 Å². The topological polar surface area (TPSA) is 44.2 Å². The largest absolute Gasteiger partial charge is 0.489 e. The molecular formula is C13H15BrN2O2. The summed E-state index contributed by atoms with van der Waals surface area (Å²) in [6.45, 7) is 3.97. The van der Waals surface area contributed by atoms with Crippen molar-refractivity contribution in [3.63, 3.8) is 0 Å². The zero-order valence-corrected chi connectivity index (χ0v) is 11.8. The standard InChI is InChI=1S/C13H15BrN2O2/c1-2-5-17-6-7-18-12-3-4-15-11-8-10(14)9-16-13(11)12/h3-4,8-9H,2,5-7H2,1H3. The van der Waals surface area contributed by atoms with E-state index >= 15 is 0 Å². The summed E-state index contributed by atoms with van der Waals surface area (Å²) in [6.07, 6.45) is 4.48. The van der Waals surface area contributed by atoms with E-state index in [2.05, 4.69) is 32.8 Å². The number of hydrogen-bond acceptors (Lipinski definition) is 4. The molecule has 0 bridgehead atoms. The van der Waals surface area contributed by atoms with Crippen molar-refractivity contribution >= 4 is 27.0 Å². The molecule has 0 spiro atoms. The van der Waals surface area contributed by atoms with Crippen LogP contribution < -0.4 is 4.74 Å². The van der Waals surface area contributed by atoms with E-state index in [1.54, 1.807) is 12.4 Å². The maximum atomic E-state index is 5.66. The predicted octanol–water partition coefficient (Wildman–Crippen LogP) is 3.20. The Bertz CT molecular complexity index is 519. The van der Waals surface area contributed by atoms with E-state index in [0.717, 1.165) is 34.3 Å². The molecule has 0 N–H and O–H groups in total. The first-order valence-corrected chi connectivity index (χ1v) is 6.71. The van der Waals surface area contributed by atoms with Crippen LogP contribution in [-0.2, 0) is 4.74 Å². The molecule has 0 aromatic carbocycles. The van der Waals surface area contributed by atoms with Gasteiger partial charge in [0.25, 0.3) is 0 Å². The summed E-state index contributed by atoms with van der Waals surface area (Å²) in [6, 6.07) is 3.74. The summed E-state index contributed by atoms with van der Waals surface area (Å²) in [5, 5.41) is 0. The molecule has 0 saturated heterocycles. The minimum Gasteiger partial charge on any atom is -0.489 e. The first-order chi connectivity index (χ1) is 8.81. The number of hydrogen-bond donors (Lipinski definition) is 0. The van der Waals surface area contributed by atoms with Crippen molar-refractivity contribution in [2.45, 2.75) is 13.3 Å². The van der Waals surface area contributed by atoms with Crippen LogP contribution in [0.1, 0.15) is 13.3 Å². The average Bonchev–Trinajstić information content (AvgIpc) is 2.38. The number of ether oxygens (including phenoxy) is 2. The molecule has 0 aliphatic heterocycles. The lowest BCUT2D eigenvalue weighted by molar-refractivity contribution is 0.101. The normalized spacial score (nSPS) is 10.8. The minimum atomic E-state index is 0.525. The summed E-state index contributed by atoms with van der Waals surface area (Å²) in [5.74, 6) is 0.743. The van der Waals surface area contributed by atoms with Gasteiger partial charge in [0.05, 0.1) is 12.1 Å². The summed E-state index contributed by atoms with van der Waals surface area (Å²) in [7, 11) is 0. The molecule has 0 aliphatic carbocycles. The monoisotopic (exact) mass is 310 g/mol. The molecule has 0 atom stereocenters. The van der Waals surface area contributed by atoms with Gasteiger partial charge in [-0.05, 0) is 28.4 Å².